The summed E-state index contributed by atoms with van der Waals surface area (Å²) in [7, 11) is 0. The van der Waals surface area contributed by atoms with E-state index in [4.69, 9.17) is 5.73 Å². The second-order valence-corrected chi connectivity index (χ2v) is 6.42. The molecule has 0 aromatic heterocycles. The second-order valence-electron chi connectivity index (χ2n) is 6.42. The fourth-order valence-electron chi connectivity index (χ4n) is 3.29. The Morgan fingerprint density at radius 3 is 2.37 bits per heavy atom. The average molecular weight is 291 g/mol. The average Bonchev–Trinajstić information content (AvgIpc) is 2.74. The second kappa shape index (κ2) is 8.80. The Kier molecular flexibility index (Phi) is 8.67. The van der Waals surface area contributed by atoms with Crippen LogP contribution in [0.3, 0.4) is 0 Å². The Labute approximate surface area is 124 Å². The maximum Gasteiger partial charge on any atom is 0.236 e. The molecule has 3 nitrogen and oxygen atoms in total. The van der Waals surface area contributed by atoms with Crippen molar-refractivity contribution in [3.05, 3.63) is 0 Å². The van der Waals surface area contributed by atoms with Gasteiger partial charge in [-0.3, -0.25) is 4.79 Å². The maximum atomic E-state index is 11.9. The third-order valence-electron chi connectivity index (χ3n) is 4.08. The predicted octanol–water partition coefficient (Wildman–Crippen LogP) is 3.26. The third kappa shape index (κ3) is 6.13. The summed E-state index contributed by atoms with van der Waals surface area (Å²) in [6.07, 6.45) is 8.10. The van der Waals surface area contributed by atoms with Crippen LogP contribution in [0.5, 0.6) is 0 Å². The van der Waals surface area contributed by atoms with Crippen LogP contribution >= 0.6 is 12.4 Å². The minimum Gasteiger partial charge on any atom is -0.354 e. The van der Waals surface area contributed by atoms with E-state index in [-0.39, 0.29) is 24.4 Å². The highest BCUT2D eigenvalue weighted by Crippen LogP contribution is 2.42. The van der Waals surface area contributed by atoms with Crippen molar-refractivity contribution < 1.29 is 4.79 Å². The standard InChI is InChI=1S/C15H30N2O.ClH/c1-4-7-13(16)14(18)17-11-15(10-12(2)3)8-5-6-9-15;/h12-13H,4-11,16H2,1-3H3,(H,17,18);1H. The molecule has 1 aliphatic rings. The van der Waals surface area contributed by atoms with Crippen molar-refractivity contribution in [2.24, 2.45) is 17.1 Å². The number of hydrogen-bond acceptors (Lipinski definition) is 2. The maximum absolute atomic E-state index is 11.9. The first kappa shape index (κ1) is 18.7. The lowest BCUT2D eigenvalue weighted by atomic mass is 9.78. The van der Waals surface area contributed by atoms with Gasteiger partial charge in [-0.25, -0.2) is 0 Å². The zero-order chi connectivity index (χ0) is 13.6. The first-order valence-electron chi connectivity index (χ1n) is 7.52. The molecule has 1 rings (SSSR count). The van der Waals surface area contributed by atoms with Gasteiger partial charge in [-0.2, -0.15) is 0 Å². The Morgan fingerprint density at radius 2 is 1.89 bits per heavy atom. The zero-order valence-corrected chi connectivity index (χ0v) is 13.5. The minimum absolute atomic E-state index is 0. The Balaban J connectivity index is 0.00000324. The van der Waals surface area contributed by atoms with E-state index in [0.29, 0.717) is 11.3 Å². The lowest BCUT2D eigenvalue weighted by Crippen LogP contribution is -2.45. The molecule has 1 unspecified atom stereocenters. The number of nitrogens with two attached hydrogens (primary N) is 1. The molecule has 0 aromatic rings. The minimum atomic E-state index is -0.326. The summed E-state index contributed by atoms with van der Waals surface area (Å²) in [5.41, 5.74) is 6.19. The van der Waals surface area contributed by atoms with Gasteiger partial charge in [0.25, 0.3) is 0 Å². The molecule has 1 amide bonds. The molecule has 3 N–H and O–H groups in total. The van der Waals surface area contributed by atoms with E-state index in [9.17, 15) is 4.79 Å². The highest BCUT2D eigenvalue weighted by molar-refractivity contribution is 5.85. The van der Waals surface area contributed by atoms with E-state index in [0.717, 1.165) is 19.4 Å². The number of hydrogen-bond donors (Lipinski definition) is 2. The van der Waals surface area contributed by atoms with Crippen molar-refractivity contribution in [2.45, 2.75) is 71.8 Å². The van der Waals surface area contributed by atoms with E-state index in [1.165, 1.54) is 32.1 Å². The van der Waals surface area contributed by atoms with Gasteiger partial charge in [-0.1, -0.05) is 40.0 Å². The highest BCUT2D eigenvalue weighted by atomic mass is 35.5. The molecule has 4 heteroatoms. The number of halogens is 1. The molecule has 0 bridgehead atoms. The van der Waals surface area contributed by atoms with Crippen molar-refractivity contribution in [1.29, 1.82) is 0 Å². The molecule has 1 saturated carbocycles. The van der Waals surface area contributed by atoms with Crippen LogP contribution in [0.25, 0.3) is 0 Å². The van der Waals surface area contributed by atoms with Crippen LogP contribution in [0.2, 0.25) is 0 Å². The number of carbonyl (C=O) groups excluding carboxylic acids is 1. The molecule has 1 fully saturated rings. The van der Waals surface area contributed by atoms with E-state index < -0.39 is 0 Å². The van der Waals surface area contributed by atoms with Gasteiger partial charge in [0.1, 0.15) is 0 Å². The third-order valence-corrected chi connectivity index (χ3v) is 4.08. The molecule has 114 valence electrons. The molecular weight excluding hydrogens is 260 g/mol. The van der Waals surface area contributed by atoms with Gasteiger partial charge >= 0.3 is 0 Å². The van der Waals surface area contributed by atoms with Crippen molar-refractivity contribution in [3.63, 3.8) is 0 Å². The Bertz CT molecular complexity index is 263. The van der Waals surface area contributed by atoms with E-state index in [1.807, 2.05) is 0 Å². The lowest BCUT2D eigenvalue weighted by molar-refractivity contribution is -0.123. The number of amides is 1. The first-order chi connectivity index (χ1) is 8.49. The first-order valence-corrected chi connectivity index (χ1v) is 7.52. The number of rotatable bonds is 7. The van der Waals surface area contributed by atoms with E-state index in [1.54, 1.807) is 0 Å². The monoisotopic (exact) mass is 290 g/mol. The fourth-order valence-corrected chi connectivity index (χ4v) is 3.29. The quantitative estimate of drug-likeness (QED) is 0.756. The summed E-state index contributed by atoms with van der Waals surface area (Å²) in [4.78, 5) is 11.9. The molecule has 0 spiro atoms. The van der Waals surface area contributed by atoms with Crippen molar-refractivity contribution in [1.82, 2.24) is 5.32 Å². The van der Waals surface area contributed by atoms with Crippen molar-refractivity contribution in [3.8, 4) is 0 Å². The summed E-state index contributed by atoms with van der Waals surface area (Å²) in [5.74, 6) is 0.733. The summed E-state index contributed by atoms with van der Waals surface area (Å²) < 4.78 is 0. The normalized spacial score (nSPS) is 19.0. The van der Waals surface area contributed by atoms with E-state index in [2.05, 4.69) is 26.1 Å². The predicted molar refractivity (Wildman–Crippen MR) is 83.5 cm³/mol. The molecule has 0 heterocycles. The summed E-state index contributed by atoms with van der Waals surface area (Å²) in [6.45, 7) is 7.42. The van der Waals surface area contributed by atoms with Gasteiger partial charge < -0.3 is 11.1 Å². The molecule has 0 radical (unpaired) electrons. The Hall–Kier alpha value is -0.280. The number of nitrogens with one attached hydrogen (secondary N) is 1. The summed E-state index contributed by atoms with van der Waals surface area (Å²) in [5, 5.41) is 3.09. The van der Waals surface area contributed by atoms with E-state index >= 15 is 0 Å². The molecule has 1 atom stereocenters. The zero-order valence-electron chi connectivity index (χ0n) is 12.7. The summed E-state index contributed by atoms with van der Waals surface area (Å²) in [6, 6.07) is -0.326. The van der Waals surface area contributed by atoms with Gasteiger partial charge in [0.15, 0.2) is 0 Å². The Morgan fingerprint density at radius 1 is 1.32 bits per heavy atom. The smallest absolute Gasteiger partial charge is 0.236 e. The van der Waals surface area contributed by atoms with Gasteiger partial charge in [0.05, 0.1) is 6.04 Å². The van der Waals surface area contributed by atoms with Gasteiger partial charge in [-0.05, 0) is 37.0 Å². The van der Waals surface area contributed by atoms with Gasteiger partial charge in [0.2, 0.25) is 5.91 Å². The van der Waals surface area contributed by atoms with Crippen LogP contribution < -0.4 is 11.1 Å². The molecular formula is C15H31ClN2O. The van der Waals surface area contributed by atoms with Crippen LogP contribution in [0.1, 0.15) is 65.7 Å². The SMILES string of the molecule is CCCC(N)C(=O)NCC1(CC(C)C)CCCC1.Cl. The molecule has 19 heavy (non-hydrogen) atoms. The van der Waals surface area contributed by atoms with Gasteiger partial charge in [-0.15, -0.1) is 12.4 Å². The molecule has 0 aromatic carbocycles. The van der Waals surface area contributed by atoms with Crippen LogP contribution in [-0.4, -0.2) is 18.5 Å². The van der Waals surface area contributed by atoms with Crippen LogP contribution in [0, 0.1) is 11.3 Å². The lowest BCUT2D eigenvalue weighted by Gasteiger charge is -2.31. The molecule has 0 saturated heterocycles. The van der Waals surface area contributed by atoms with Crippen LogP contribution in [0.4, 0.5) is 0 Å². The topological polar surface area (TPSA) is 55.1 Å². The molecule has 1 aliphatic carbocycles. The fraction of sp³-hybridized carbons (Fsp3) is 0.933. The van der Waals surface area contributed by atoms with Crippen molar-refractivity contribution in [2.75, 3.05) is 6.54 Å². The van der Waals surface area contributed by atoms with Crippen LogP contribution in [-0.2, 0) is 4.79 Å². The number of carbonyl (C=O) groups is 1. The highest BCUT2D eigenvalue weighted by Gasteiger charge is 2.34. The molecule has 0 aliphatic heterocycles. The largest absolute Gasteiger partial charge is 0.354 e. The summed E-state index contributed by atoms with van der Waals surface area (Å²) >= 11 is 0. The van der Waals surface area contributed by atoms with Crippen LogP contribution in [0.15, 0.2) is 0 Å². The van der Waals surface area contributed by atoms with Gasteiger partial charge in [0, 0.05) is 6.54 Å². The van der Waals surface area contributed by atoms with Crippen molar-refractivity contribution >= 4 is 18.3 Å².